The van der Waals surface area contributed by atoms with Gasteiger partial charge in [0, 0.05) is 24.4 Å². The Labute approximate surface area is 99.6 Å². The molecule has 1 N–H and O–H groups in total. The van der Waals surface area contributed by atoms with Gasteiger partial charge in [-0.25, -0.2) is 8.78 Å². The van der Waals surface area contributed by atoms with Crippen molar-refractivity contribution in [1.82, 2.24) is 5.32 Å². The zero-order valence-electron chi connectivity index (χ0n) is 9.59. The second-order valence-corrected chi connectivity index (χ2v) is 4.63. The van der Waals surface area contributed by atoms with Crippen LogP contribution >= 0.6 is 11.8 Å². The molecule has 1 aromatic rings. The highest BCUT2D eigenvalue weighted by Crippen LogP contribution is 2.09. The smallest absolute Gasteiger partial charge is 0.126 e. The third-order valence-electron chi connectivity index (χ3n) is 2.38. The fourth-order valence-electron chi connectivity index (χ4n) is 1.50. The zero-order valence-corrected chi connectivity index (χ0v) is 10.4. The fraction of sp³-hybridized carbons (Fsp3) is 0.500. The van der Waals surface area contributed by atoms with Crippen LogP contribution in [0, 0.1) is 11.6 Å². The van der Waals surface area contributed by atoms with Crippen molar-refractivity contribution in [2.75, 3.05) is 12.0 Å². The van der Waals surface area contributed by atoms with Crippen LogP contribution in [-0.2, 0) is 6.54 Å². The van der Waals surface area contributed by atoms with E-state index in [1.165, 1.54) is 12.1 Å². The monoisotopic (exact) mass is 245 g/mol. The highest BCUT2D eigenvalue weighted by atomic mass is 32.2. The van der Waals surface area contributed by atoms with E-state index in [0.29, 0.717) is 18.2 Å². The molecule has 0 spiro atoms. The number of halogens is 2. The Morgan fingerprint density at radius 1 is 1.25 bits per heavy atom. The Morgan fingerprint density at radius 3 is 2.38 bits per heavy atom. The molecule has 1 rings (SSSR count). The summed E-state index contributed by atoms with van der Waals surface area (Å²) in [4.78, 5) is 0. The molecule has 16 heavy (non-hydrogen) atoms. The average molecular weight is 245 g/mol. The van der Waals surface area contributed by atoms with Crippen LogP contribution in [0.25, 0.3) is 0 Å². The first kappa shape index (κ1) is 13.5. The fourth-order valence-corrected chi connectivity index (χ4v) is 2.25. The summed E-state index contributed by atoms with van der Waals surface area (Å²) in [5.41, 5.74) is 0.650. The van der Waals surface area contributed by atoms with Crippen LogP contribution in [0.2, 0.25) is 0 Å². The molecule has 1 atom stereocenters. The van der Waals surface area contributed by atoms with Gasteiger partial charge in [0.15, 0.2) is 0 Å². The number of hydrogen-bond acceptors (Lipinski definition) is 2. The van der Waals surface area contributed by atoms with Crippen molar-refractivity contribution in [2.45, 2.75) is 25.9 Å². The van der Waals surface area contributed by atoms with E-state index in [-0.39, 0.29) is 0 Å². The molecule has 0 aromatic heterocycles. The lowest BCUT2D eigenvalue weighted by Crippen LogP contribution is -2.30. The molecule has 0 aliphatic rings. The van der Waals surface area contributed by atoms with Crippen molar-refractivity contribution in [3.05, 3.63) is 35.4 Å². The summed E-state index contributed by atoms with van der Waals surface area (Å²) < 4.78 is 25.8. The van der Waals surface area contributed by atoms with Crippen molar-refractivity contribution in [3.8, 4) is 0 Å². The number of benzene rings is 1. The van der Waals surface area contributed by atoms with Gasteiger partial charge in [0.25, 0.3) is 0 Å². The highest BCUT2D eigenvalue weighted by molar-refractivity contribution is 7.98. The predicted molar refractivity (Wildman–Crippen MR) is 65.7 cm³/mol. The molecule has 0 fully saturated rings. The first-order valence-corrected chi connectivity index (χ1v) is 6.72. The maximum absolute atomic E-state index is 12.9. The number of hydrogen-bond donors (Lipinski definition) is 1. The third kappa shape index (κ3) is 4.49. The van der Waals surface area contributed by atoms with Crippen molar-refractivity contribution >= 4 is 11.8 Å². The van der Waals surface area contributed by atoms with Crippen molar-refractivity contribution < 1.29 is 8.78 Å². The van der Waals surface area contributed by atoms with Crippen molar-refractivity contribution in [3.63, 3.8) is 0 Å². The van der Waals surface area contributed by atoms with Crippen LogP contribution in [0.1, 0.15) is 18.9 Å². The zero-order chi connectivity index (χ0) is 12.0. The molecule has 0 amide bonds. The van der Waals surface area contributed by atoms with E-state index in [9.17, 15) is 8.78 Å². The van der Waals surface area contributed by atoms with Crippen LogP contribution < -0.4 is 5.32 Å². The molecular formula is C12H17F2NS. The van der Waals surface area contributed by atoms with Gasteiger partial charge in [-0.1, -0.05) is 6.92 Å². The topological polar surface area (TPSA) is 12.0 Å². The van der Waals surface area contributed by atoms with E-state index in [4.69, 9.17) is 0 Å². The minimum absolute atomic E-state index is 0.390. The molecule has 0 aliphatic heterocycles. The number of thioether (sulfide) groups is 1. The lowest BCUT2D eigenvalue weighted by molar-refractivity contribution is 0.532. The van der Waals surface area contributed by atoms with E-state index in [0.717, 1.165) is 18.2 Å². The van der Waals surface area contributed by atoms with Crippen LogP contribution in [-0.4, -0.2) is 18.1 Å². The standard InChI is InChI=1S/C12H17F2NS/c1-3-12(8-16-2)15-7-9-4-10(13)6-11(14)5-9/h4-6,12,15H,3,7-8H2,1-2H3. The second-order valence-electron chi connectivity index (χ2n) is 3.72. The number of rotatable bonds is 6. The van der Waals surface area contributed by atoms with Crippen LogP contribution in [0.5, 0.6) is 0 Å². The maximum atomic E-state index is 12.9. The van der Waals surface area contributed by atoms with E-state index in [1.54, 1.807) is 11.8 Å². The van der Waals surface area contributed by atoms with E-state index >= 15 is 0 Å². The lowest BCUT2D eigenvalue weighted by Gasteiger charge is -2.15. The average Bonchev–Trinajstić information content (AvgIpc) is 2.23. The second kappa shape index (κ2) is 6.86. The van der Waals surface area contributed by atoms with E-state index in [2.05, 4.69) is 12.2 Å². The Morgan fingerprint density at radius 2 is 1.88 bits per heavy atom. The summed E-state index contributed by atoms with van der Waals surface area (Å²) in [6, 6.07) is 4.01. The Hall–Kier alpha value is -0.610. The summed E-state index contributed by atoms with van der Waals surface area (Å²) in [7, 11) is 0. The van der Waals surface area contributed by atoms with Gasteiger partial charge in [-0.05, 0) is 30.4 Å². The molecule has 0 heterocycles. The molecule has 4 heteroatoms. The Bertz CT molecular complexity index is 311. The maximum Gasteiger partial charge on any atom is 0.126 e. The summed E-state index contributed by atoms with van der Waals surface area (Å²) in [6.07, 6.45) is 3.06. The molecule has 0 saturated heterocycles. The van der Waals surface area contributed by atoms with Crippen LogP contribution in [0.15, 0.2) is 18.2 Å². The van der Waals surface area contributed by atoms with Gasteiger partial charge in [-0.3, -0.25) is 0 Å². The quantitative estimate of drug-likeness (QED) is 0.826. The van der Waals surface area contributed by atoms with Gasteiger partial charge in [0.1, 0.15) is 11.6 Å². The van der Waals surface area contributed by atoms with Crippen molar-refractivity contribution in [2.24, 2.45) is 0 Å². The molecule has 0 bridgehead atoms. The predicted octanol–water partition coefficient (Wildman–Crippen LogP) is 3.20. The minimum atomic E-state index is -0.519. The molecule has 0 aliphatic carbocycles. The summed E-state index contributed by atoms with van der Waals surface area (Å²) in [6.45, 7) is 2.60. The molecule has 0 saturated carbocycles. The lowest BCUT2D eigenvalue weighted by atomic mass is 10.2. The van der Waals surface area contributed by atoms with Gasteiger partial charge in [-0.15, -0.1) is 0 Å². The Balaban J connectivity index is 2.52. The normalized spacial score (nSPS) is 12.8. The van der Waals surface area contributed by atoms with Gasteiger partial charge < -0.3 is 5.32 Å². The highest BCUT2D eigenvalue weighted by Gasteiger charge is 2.06. The van der Waals surface area contributed by atoms with Gasteiger partial charge in [-0.2, -0.15) is 11.8 Å². The van der Waals surface area contributed by atoms with Crippen molar-refractivity contribution in [1.29, 1.82) is 0 Å². The third-order valence-corrected chi connectivity index (χ3v) is 3.11. The van der Waals surface area contributed by atoms with E-state index in [1.807, 2.05) is 6.26 Å². The summed E-state index contributed by atoms with van der Waals surface area (Å²) in [5.74, 6) is -0.0293. The molecule has 1 aromatic carbocycles. The molecule has 1 nitrogen and oxygen atoms in total. The van der Waals surface area contributed by atoms with Crippen LogP contribution in [0.3, 0.4) is 0 Å². The molecular weight excluding hydrogens is 228 g/mol. The van der Waals surface area contributed by atoms with Gasteiger partial charge in [0.2, 0.25) is 0 Å². The first-order valence-electron chi connectivity index (χ1n) is 5.33. The van der Waals surface area contributed by atoms with Gasteiger partial charge >= 0.3 is 0 Å². The SMILES string of the molecule is CCC(CSC)NCc1cc(F)cc(F)c1. The number of nitrogens with one attached hydrogen (secondary N) is 1. The largest absolute Gasteiger partial charge is 0.309 e. The minimum Gasteiger partial charge on any atom is -0.309 e. The van der Waals surface area contributed by atoms with Crippen LogP contribution in [0.4, 0.5) is 8.78 Å². The summed E-state index contributed by atoms with van der Waals surface area (Å²) >= 11 is 1.77. The first-order chi connectivity index (χ1) is 7.65. The van der Waals surface area contributed by atoms with Gasteiger partial charge in [0.05, 0.1) is 0 Å². The molecule has 1 unspecified atom stereocenters. The Kier molecular flexibility index (Phi) is 5.77. The van der Waals surface area contributed by atoms with E-state index < -0.39 is 11.6 Å². The molecule has 90 valence electrons. The summed E-state index contributed by atoms with van der Waals surface area (Å²) in [5, 5.41) is 3.29. The molecule has 0 radical (unpaired) electrons.